The number of rotatable bonds is 4. The maximum absolute atomic E-state index is 12.8. The highest BCUT2D eigenvalue weighted by molar-refractivity contribution is 7.13. The summed E-state index contributed by atoms with van der Waals surface area (Å²) in [7, 11) is 0. The highest BCUT2D eigenvalue weighted by Crippen LogP contribution is 2.24. The lowest BCUT2D eigenvalue weighted by atomic mass is 10.2. The summed E-state index contributed by atoms with van der Waals surface area (Å²) in [6.07, 6.45) is 2.60. The number of nitrogens with zero attached hydrogens (tertiary/aromatic N) is 3. The Labute approximate surface area is 156 Å². The summed E-state index contributed by atoms with van der Waals surface area (Å²) in [6, 6.07) is 14.2. The first-order valence-corrected chi connectivity index (χ1v) is 9.72. The quantitative estimate of drug-likeness (QED) is 0.705. The molecule has 0 N–H and O–H groups in total. The van der Waals surface area contributed by atoms with Crippen molar-refractivity contribution in [2.75, 3.05) is 26.2 Å². The van der Waals surface area contributed by atoms with Crippen LogP contribution in [-0.4, -0.2) is 46.9 Å². The van der Waals surface area contributed by atoms with Gasteiger partial charge >= 0.3 is 0 Å². The van der Waals surface area contributed by atoms with Gasteiger partial charge in [-0.05, 0) is 24.1 Å². The molecule has 1 aromatic carbocycles. The molecule has 3 heterocycles. The van der Waals surface area contributed by atoms with Gasteiger partial charge in [-0.1, -0.05) is 30.3 Å². The minimum Gasteiger partial charge on any atom is -0.462 e. The number of hydrogen-bond donors (Lipinski definition) is 0. The van der Waals surface area contributed by atoms with Gasteiger partial charge in [0.05, 0.1) is 6.26 Å². The van der Waals surface area contributed by atoms with Crippen LogP contribution in [0.2, 0.25) is 0 Å². The van der Waals surface area contributed by atoms with E-state index in [2.05, 4.69) is 34.1 Å². The number of hydrogen-bond acceptors (Lipinski definition) is 5. The fourth-order valence-electron chi connectivity index (χ4n) is 3.22. The average molecular weight is 367 g/mol. The van der Waals surface area contributed by atoms with E-state index in [-0.39, 0.29) is 5.91 Å². The van der Waals surface area contributed by atoms with Crippen LogP contribution in [0.3, 0.4) is 0 Å². The molecule has 1 saturated heterocycles. The van der Waals surface area contributed by atoms with E-state index in [1.165, 1.54) is 16.9 Å². The van der Waals surface area contributed by atoms with E-state index in [4.69, 9.17) is 4.42 Å². The summed E-state index contributed by atoms with van der Waals surface area (Å²) >= 11 is 1.44. The van der Waals surface area contributed by atoms with E-state index in [1.807, 2.05) is 28.5 Å². The Bertz CT molecular complexity index is 845. The van der Waals surface area contributed by atoms with E-state index in [0.29, 0.717) is 11.5 Å². The topological polar surface area (TPSA) is 49.6 Å². The van der Waals surface area contributed by atoms with Crippen molar-refractivity contribution in [1.82, 2.24) is 14.8 Å². The van der Waals surface area contributed by atoms with Crippen molar-refractivity contribution in [2.24, 2.45) is 0 Å². The molecule has 1 fully saturated rings. The minimum atomic E-state index is 0.0145. The first-order valence-electron chi connectivity index (χ1n) is 8.84. The second-order valence-electron chi connectivity index (χ2n) is 6.42. The highest BCUT2D eigenvalue weighted by Gasteiger charge is 2.22. The van der Waals surface area contributed by atoms with Crippen LogP contribution in [0, 0.1) is 0 Å². The van der Waals surface area contributed by atoms with Crippen molar-refractivity contribution in [3.05, 3.63) is 65.4 Å². The number of carbonyl (C=O) groups is 1. The van der Waals surface area contributed by atoms with Crippen molar-refractivity contribution >= 4 is 17.2 Å². The minimum absolute atomic E-state index is 0.0145. The Hall–Kier alpha value is -2.44. The van der Waals surface area contributed by atoms with Crippen LogP contribution in [0.5, 0.6) is 0 Å². The first kappa shape index (κ1) is 17.0. The maximum Gasteiger partial charge on any atom is 0.273 e. The summed E-state index contributed by atoms with van der Waals surface area (Å²) in [5.74, 6) is 0.722. The Morgan fingerprint density at radius 1 is 1.08 bits per heavy atom. The number of amides is 1. The lowest BCUT2D eigenvalue weighted by Gasteiger charge is -2.21. The van der Waals surface area contributed by atoms with Gasteiger partial charge in [0.15, 0.2) is 10.8 Å². The molecule has 3 aromatic rings. The SMILES string of the molecule is O=C(c1csc(-c2ccco2)n1)N1CCCN(Cc2ccccc2)CC1. The molecular formula is C20H21N3O2S. The third-order valence-electron chi connectivity index (χ3n) is 4.58. The summed E-state index contributed by atoms with van der Waals surface area (Å²) in [5.41, 5.74) is 1.83. The van der Waals surface area contributed by atoms with Crippen LogP contribution >= 0.6 is 11.3 Å². The van der Waals surface area contributed by atoms with Crippen LogP contribution in [0.15, 0.2) is 58.5 Å². The number of aromatic nitrogens is 1. The Morgan fingerprint density at radius 2 is 1.96 bits per heavy atom. The highest BCUT2D eigenvalue weighted by atomic mass is 32.1. The molecule has 0 spiro atoms. The molecule has 0 saturated carbocycles. The monoisotopic (exact) mass is 367 g/mol. The van der Waals surface area contributed by atoms with E-state index in [0.717, 1.165) is 44.2 Å². The van der Waals surface area contributed by atoms with Crippen molar-refractivity contribution in [1.29, 1.82) is 0 Å². The molecular weight excluding hydrogens is 346 g/mol. The molecule has 5 nitrogen and oxygen atoms in total. The van der Waals surface area contributed by atoms with Gasteiger partial charge in [-0.15, -0.1) is 11.3 Å². The second-order valence-corrected chi connectivity index (χ2v) is 7.28. The van der Waals surface area contributed by atoms with Crippen LogP contribution in [0.4, 0.5) is 0 Å². The van der Waals surface area contributed by atoms with E-state index < -0.39 is 0 Å². The van der Waals surface area contributed by atoms with E-state index >= 15 is 0 Å². The second kappa shape index (κ2) is 7.85. The van der Waals surface area contributed by atoms with Crippen LogP contribution in [0.25, 0.3) is 10.8 Å². The summed E-state index contributed by atoms with van der Waals surface area (Å²) in [4.78, 5) is 21.6. The van der Waals surface area contributed by atoms with Gasteiger partial charge < -0.3 is 9.32 Å². The lowest BCUT2D eigenvalue weighted by Crippen LogP contribution is -2.35. The van der Waals surface area contributed by atoms with E-state index in [1.54, 1.807) is 6.26 Å². The van der Waals surface area contributed by atoms with Gasteiger partial charge in [0.25, 0.3) is 5.91 Å². The Balaban J connectivity index is 1.38. The van der Waals surface area contributed by atoms with Crippen molar-refractivity contribution in [2.45, 2.75) is 13.0 Å². The Morgan fingerprint density at radius 3 is 2.77 bits per heavy atom. The van der Waals surface area contributed by atoms with Crippen molar-refractivity contribution in [3.63, 3.8) is 0 Å². The summed E-state index contributed by atoms with van der Waals surface area (Å²) in [5, 5.41) is 2.58. The van der Waals surface area contributed by atoms with Crippen LogP contribution < -0.4 is 0 Å². The smallest absolute Gasteiger partial charge is 0.273 e. The van der Waals surface area contributed by atoms with E-state index in [9.17, 15) is 4.79 Å². The maximum atomic E-state index is 12.8. The zero-order valence-electron chi connectivity index (χ0n) is 14.5. The molecule has 1 aliphatic rings. The van der Waals surface area contributed by atoms with Crippen LogP contribution in [0.1, 0.15) is 22.5 Å². The zero-order chi connectivity index (χ0) is 17.8. The molecule has 134 valence electrons. The molecule has 2 aromatic heterocycles. The number of carbonyl (C=O) groups excluding carboxylic acids is 1. The van der Waals surface area contributed by atoms with Gasteiger partial charge in [-0.2, -0.15) is 0 Å². The summed E-state index contributed by atoms with van der Waals surface area (Å²) < 4.78 is 5.37. The molecule has 0 bridgehead atoms. The fourth-order valence-corrected chi connectivity index (χ4v) is 3.98. The Kier molecular flexibility index (Phi) is 5.13. The van der Waals surface area contributed by atoms with Gasteiger partial charge in [0.1, 0.15) is 5.69 Å². The van der Waals surface area contributed by atoms with Gasteiger partial charge in [0.2, 0.25) is 0 Å². The van der Waals surface area contributed by atoms with Gasteiger partial charge in [-0.25, -0.2) is 4.98 Å². The number of benzene rings is 1. The number of furan rings is 1. The number of thiazole rings is 1. The summed E-state index contributed by atoms with van der Waals surface area (Å²) in [6.45, 7) is 4.34. The molecule has 0 unspecified atom stereocenters. The van der Waals surface area contributed by atoms with Gasteiger partial charge in [0, 0.05) is 38.1 Å². The standard InChI is InChI=1S/C20H21N3O2S/c24-20(17-15-26-19(21-17)18-8-4-13-25-18)23-10-5-9-22(11-12-23)14-16-6-2-1-3-7-16/h1-4,6-8,13,15H,5,9-12,14H2. The molecule has 0 aliphatic carbocycles. The largest absolute Gasteiger partial charge is 0.462 e. The molecule has 6 heteroatoms. The third kappa shape index (κ3) is 3.86. The lowest BCUT2D eigenvalue weighted by molar-refractivity contribution is 0.0756. The predicted octanol–water partition coefficient (Wildman–Crippen LogP) is 3.75. The molecule has 0 atom stereocenters. The van der Waals surface area contributed by atoms with Crippen molar-refractivity contribution in [3.8, 4) is 10.8 Å². The van der Waals surface area contributed by atoms with Gasteiger partial charge in [-0.3, -0.25) is 9.69 Å². The first-order chi connectivity index (χ1) is 12.8. The molecule has 1 aliphatic heterocycles. The molecule has 4 rings (SSSR count). The zero-order valence-corrected chi connectivity index (χ0v) is 15.3. The molecule has 0 radical (unpaired) electrons. The molecule has 26 heavy (non-hydrogen) atoms. The predicted molar refractivity (Wildman–Crippen MR) is 102 cm³/mol. The molecule has 1 amide bonds. The fraction of sp³-hybridized carbons (Fsp3) is 0.300. The third-order valence-corrected chi connectivity index (χ3v) is 5.44. The van der Waals surface area contributed by atoms with Crippen molar-refractivity contribution < 1.29 is 9.21 Å². The average Bonchev–Trinajstić information content (AvgIpc) is 3.31. The van der Waals surface area contributed by atoms with Crippen LogP contribution in [-0.2, 0) is 6.54 Å². The normalized spacial score (nSPS) is 15.8.